The molecular weight excluding hydrogens is 152 g/mol. The molecule has 0 aliphatic heterocycles. The first-order chi connectivity index (χ1) is 5.08. The molecule has 0 amide bonds. The minimum absolute atomic E-state index is 0.374. The molecule has 1 fully saturated rings. The average Bonchev–Trinajstić information content (AvgIpc) is 2.32. The normalized spacial score (nSPS) is 21.0. The molecule has 0 nitrogen and oxygen atoms in total. The van der Waals surface area contributed by atoms with Gasteiger partial charge in [0.1, 0.15) is 0 Å². The van der Waals surface area contributed by atoms with Crippen molar-refractivity contribution < 1.29 is 12.9 Å². The molecule has 0 radical (unpaired) electrons. The summed E-state index contributed by atoms with van der Waals surface area (Å²) in [5, 5.41) is 0. The molecule has 11 heavy (non-hydrogen) atoms. The largest absolute Gasteiger partial charge is 0.478 e. The lowest BCUT2D eigenvalue weighted by atomic mass is 9.80. The molecule has 4 heteroatoms. The van der Waals surface area contributed by atoms with Gasteiger partial charge in [-0.05, 0) is 5.92 Å². The molecule has 0 N–H and O–H groups in total. The molecule has 0 aromatic rings. The fourth-order valence-corrected chi connectivity index (χ4v) is 1.72. The molecular formula is C7H13BF3-. The highest BCUT2D eigenvalue weighted by Gasteiger charge is 2.25. The van der Waals surface area contributed by atoms with Gasteiger partial charge in [-0.2, -0.15) is 0 Å². The van der Waals surface area contributed by atoms with Crippen molar-refractivity contribution in [2.75, 3.05) is 0 Å². The zero-order chi connectivity index (χ0) is 8.32. The van der Waals surface area contributed by atoms with Crippen molar-refractivity contribution in [3.63, 3.8) is 0 Å². The first-order valence-corrected chi connectivity index (χ1v) is 4.29. The van der Waals surface area contributed by atoms with Crippen LogP contribution >= 0.6 is 0 Å². The Morgan fingerprint density at radius 3 is 2.09 bits per heavy atom. The van der Waals surface area contributed by atoms with E-state index in [0.29, 0.717) is 12.3 Å². The van der Waals surface area contributed by atoms with E-state index < -0.39 is 13.3 Å². The molecule has 0 aromatic heterocycles. The second-order valence-corrected chi connectivity index (χ2v) is 3.44. The van der Waals surface area contributed by atoms with Gasteiger partial charge in [-0.25, -0.2) is 0 Å². The van der Waals surface area contributed by atoms with Crippen LogP contribution < -0.4 is 0 Å². The van der Waals surface area contributed by atoms with Crippen LogP contribution in [-0.2, 0) is 0 Å². The number of hydrogen-bond acceptors (Lipinski definition) is 0. The van der Waals surface area contributed by atoms with Gasteiger partial charge in [0, 0.05) is 0 Å². The molecule has 0 atom stereocenters. The van der Waals surface area contributed by atoms with E-state index in [4.69, 9.17) is 0 Å². The Bertz CT molecular complexity index is 115. The maximum absolute atomic E-state index is 11.8. The van der Waals surface area contributed by atoms with Gasteiger partial charge in [-0.3, -0.25) is 0 Å². The Labute approximate surface area is 65.2 Å². The molecule has 1 aliphatic carbocycles. The van der Waals surface area contributed by atoms with Crippen LogP contribution in [0.5, 0.6) is 0 Å². The Morgan fingerprint density at radius 2 is 1.64 bits per heavy atom. The minimum atomic E-state index is -4.52. The van der Waals surface area contributed by atoms with Crippen molar-refractivity contribution in [1.29, 1.82) is 0 Å². The smallest absolute Gasteiger partial charge is 0.449 e. The third kappa shape index (κ3) is 3.68. The Kier molecular flexibility index (Phi) is 2.85. The van der Waals surface area contributed by atoms with E-state index >= 15 is 0 Å². The SMILES string of the molecule is F[B-](F)(F)CCC1CCCC1. The fraction of sp³-hybridized carbons (Fsp3) is 1.00. The van der Waals surface area contributed by atoms with Crippen LogP contribution in [0.3, 0.4) is 0 Å². The van der Waals surface area contributed by atoms with Crippen molar-refractivity contribution in [2.45, 2.75) is 38.4 Å². The molecule has 66 valence electrons. The van der Waals surface area contributed by atoms with E-state index in [1.165, 1.54) is 0 Å². The summed E-state index contributed by atoms with van der Waals surface area (Å²) in [6.45, 7) is -4.52. The van der Waals surface area contributed by atoms with Crippen LogP contribution in [0.1, 0.15) is 32.1 Å². The van der Waals surface area contributed by atoms with Crippen LogP contribution in [0.15, 0.2) is 0 Å². The van der Waals surface area contributed by atoms with Gasteiger partial charge in [0.05, 0.1) is 0 Å². The first-order valence-electron chi connectivity index (χ1n) is 4.29. The zero-order valence-corrected chi connectivity index (χ0v) is 6.53. The summed E-state index contributed by atoms with van der Waals surface area (Å²) < 4.78 is 35.3. The van der Waals surface area contributed by atoms with E-state index in [9.17, 15) is 12.9 Å². The molecule has 1 saturated carbocycles. The van der Waals surface area contributed by atoms with E-state index in [-0.39, 0.29) is 0 Å². The first kappa shape index (κ1) is 8.95. The number of halogens is 3. The maximum Gasteiger partial charge on any atom is 0.478 e. The van der Waals surface area contributed by atoms with Crippen molar-refractivity contribution in [1.82, 2.24) is 0 Å². The van der Waals surface area contributed by atoms with Gasteiger partial charge in [0.25, 0.3) is 0 Å². The van der Waals surface area contributed by atoms with E-state index in [1.807, 2.05) is 0 Å². The minimum Gasteiger partial charge on any atom is -0.449 e. The summed E-state index contributed by atoms with van der Waals surface area (Å²) in [4.78, 5) is 0. The Morgan fingerprint density at radius 1 is 1.09 bits per heavy atom. The summed E-state index contributed by atoms with van der Waals surface area (Å²) >= 11 is 0. The lowest BCUT2D eigenvalue weighted by Gasteiger charge is -2.16. The van der Waals surface area contributed by atoms with Crippen LogP contribution in [0.4, 0.5) is 12.9 Å². The highest BCUT2D eigenvalue weighted by Crippen LogP contribution is 2.31. The summed E-state index contributed by atoms with van der Waals surface area (Å²) in [6, 6.07) is 0. The third-order valence-corrected chi connectivity index (χ3v) is 2.38. The molecule has 0 heterocycles. The van der Waals surface area contributed by atoms with Crippen LogP contribution in [0.25, 0.3) is 0 Å². The molecule has 0 aromatic carbocycles. The highest BCUT2D eigenvalue weighted by molar-refractivity contribution is 6.58. The lowest BCUT2D eigenvalue weighted by molar-refractivity contribution is 0.435. The van der Waals surface area contributed by atoms with Gasteiger partial charge < -0.3 is 12.9 Å². The molecule has 0 spiro atoms. The molecule has 0 unspecified atom stereocenters. The zero-order valence-electron chi connectivity index (χ0n) is 6.53. The van der Waals surface area contributed by atoms with Crippen LogP contribution in [0.2, 0.25) is 6.32 Å². The molecule has 1 aliphatic rings. The third-order valence-electron chi connectivity index (χ3n) is 2.38. The summed E-state index contributed by atoms with van der Waals surface area (Å²) in [6.07, 6.45) is 4.16. The fourth-order valence-electron chi connectivity index (χ4n) is 1.72. The number of rotatable bonds is 3. The van der Waals surface area contributed by atoms with Gasteiger partial charge >= 0.3 is 6.98 Å². The molecule has 0 saturated heterocycles. The second-order valence-electron chi connectivity index (χ2n) is 3.44. The predicted molar refractivity (Wildman–Crippen MR) is 40.5 cm³/mol. The Balaban J connectivity index is 2.11. The van der Waals surface area contributed by atoms with E-state index in [0.717, 1.165) is 25.7 Å². The van der Waals surface area contributed by atoms with E-state index in [2.05, 4.69) is 0 Å². The van der Waals surface area contributed by atoms with Crippen molar-refractivity contribution in [3.05, 3.63) is 0 Å². The topological polar surface area (TPSA) is 0 Å². The number of hydrogen-bond donors (Lipinski definition) is 0. The van der Waals surface area contributed by atoms with Crippen LogP contribution in [0, 0.1) is 5.92 Å². The maximum atomic E-state index is 11.8. The van der Waals surface area contributed by atoms with Gasteiger partial charge in [-0.1, -0.05) is 38.4 Å². The summed E-state index contributed by atoms with van der Waals surface area (Å²) in [5.41, 5.74) is 0. The Hall–Kier alpha value is -0.145. The lowest BCUT2D eigenvalue weighted by Crippen LogP contribution is -2.15. The van der Waals surface area contributed by atoms with Gasteiger partial charge in [0.2, 0.25) is 0 Å². The highest BCUT2D eigenvalue weighted by atomic mass is 19.4. The summed E-state index contributed by atoms with van der Waals surface area (Å²) in [7, 11) is 0. The standard InChI is InChI=1S/C7H13BF3/c9-8(10,11)6-5-7-3-1-2-4-7/h7H,1-6H2/q-1. The van der Waals surface area contributed by atoms with Crippen molar-refractivity contribution in [2.24, 2.45) is 5.92 Å². The predicted octanol–water partition coefficient (Wildman–Crippen LogP) is 3.41. The monoisotopic (exact) mass is 165 g/mol. The van der Waals surface area contributed by atoms with Gasteiger partial charge in [-0.15, -0.1) is 0 Å². The quantitative estimate of drug-likeness (QED) is 0.562. The molecule has 0 bridgehead atoms. The van der Waals surface area contributed by atoms with Gasteiger partial charge in [0.15, 0.2) is 0 Å². The second kappa shape index (κ2) is 3.50. The summed E-state index contributed by atoms with van der Waals surface area (Å²) in [5.74, 6) is 0.374. The average molecular weight is 165 g/mol. The van der Waals surface area contributed by atoms with Crippen molar-refractivity contribution in [3.8, 4) is 0 Å². The molecule has 1 rings (SSSR count). The van der Waals surface area contributed by atoms with Crippen molar-refractivity contribution >= 4 is 6.98 Å². The van der Waals surface area contributed by atoms with Crippen LogP contribution in [-0.4, -0.2) is 6.98 Å². The van der Waals surface area contributed by atoms with E-state index in [1.54, 1.807) is 0 Å².